The first-order valence-corrected chi connectivity index (χ1v) is 5.34. The molecule has 0 aliphatic rings. The Morgan fingerprint density at radius 1 is 1.69 bits per heavy atom. The number of hydrogen-bond acceptors (Lipinski definition) is 3. The smallest absolute Gasteiger partial charge is 0.331 e. The van der Waals surface area contributed by atoms with Crippen LogP contribution in [0.2, 0.25) is 0 Å². The van der Waals surface area contributed by atoms with Gasteiger partial charge in [0.15, 0.2) is 0 Å². The Morgan fingerprint density at radius 3 is 2.88 bits per heavy atom. The third-order valence-corrected chi connectivity index (χ3v) is 2.67. The lowest BCUT2D eigenvalue weighted by atomic mass is 10.3. The molecule has 0 spiro atoms. The highest BCUT2D eigenvalue weighted by Crippen LogP contribution is 2.02. The Balaban J connectivity index is 3.07. The van der Waals surface area contributed by atoms with Crippen molar-refractivity contribution < 1.29 is 9.90 Å². The molecular formula is C10H11BrN2O3. The highest BCUT2D eigenvalue weighted by atomic mass is 79.9. The molecule has 0 saturated heterocycles. The predicted molar refractivity (Wildman–Crippen MR) is 62.3 cm³/mol. The van der Waals surface area contributed by atoms with Crippen LogP contribution >= 0.6 is 15.9 Å². The number of aryl methyl sites for hydroxylation is 1. The van der Waals surface area contributed by atoms with Crippen LogP contribution in [0.1, 0.15) is 12.7 Å². The van der Waals surface area contributed by atoms with Gasteiger partial charge in [-0.05, 0) is 29.8 Å². The van der Waals surface area contributed by atoms with Crippen LogP contribution in [-0.4, -0.2) is 20.6 Å². The zero-order valence-electron chi connectivity index (χ0n) is 8.90. The summed E-state index contributed by atoms with van der Waals surface area (Å²) in [6, 6.07) is 0. The highest BCUT2D eigenvalue weighted by Gasteiger charge is 2.05. The fourth-order valence-corrected chi connectivity index (χ4v) is 1.40. The van der Waals surface area contributed by atoms with Crippen LogP contribution in [0.4, 0.5) is 0 Å². The molecule has 0 unspecified atom stereocenters. The van der Waals surface area contributed by atoms with E-state index in [0.29, 0.717) is 10.3 Å². The van der Waals surface area contributed by atoms with E-state index in [1.165, 1.54) is 23.8 Å². The van der Waals surface area contributed by atoms with E-state index in [2.05, 4.69) is 20.9 Å². The molecule has 16 heavy (non-hydrogen) atoms. The van der Waals surface area contributed by atoms with Crippen LogP contribution in [-0.2, 0) is 11.3 Å². The SMILES string of the molecule is CC(=CCn1c(C)ncc(Br)c1=O)C(=O)O. The van der Waals surface area contributed by atoms with Crippen molar-refractivity contribution in [3.63, 3.8) is 0 Å². The summed E-state index contributed by atoms with van der Waals surface area (Å²) in [6.07, 6.45) is 2.91. The van der Waals surface area contributed by atoms with E-state index in [0.717, 1.165) is 0 Å². The molecule has 0 aliphatic heterocycles. The molecule has 0 aromatic carbocycles. The summed E-state index contributed by atoms with van der Waals surface area (Å²) in [6.45, 7) is 3.38. The number of carboxylic acid groups (broad SMARTS) is 1. The monoisotopic (exact) mass is 286 g/mol. The number of rotatable bonds is 3. The minimum Gasteiger partial charge on any atom is -0.478 e. The number of aliphatic carboxylic acids is 1. The van der Waals surface area contributed by atoms with Crippen LogP contribution in [0.5, 0.6) is 0 Å². The molecule has 0 saturated carbocycles. The Bertz CT molecular complexity index is 505. The average molecular weight is 287 g/mol. The minimum absolute atomic E-state index is 0.200. The van der Waals surface area contributed by atoms with Crippen molar-refractivity contribution in [3.05, 3.63) is 38.5 Å². The summed E-state index contributed by atoms with van der Waals surface area (Å²) in [5.41, 5.74) is -0.0202. The second-order valence-corrected chi connectivity index (χ2v) is 4.12. The van der Waals surface area contributed by atoms with E-state index in [4.69, 9.17) is 5.11 Å². The van der Waals surface area contributed by atoms with Crippen molar-refractivity contribution >= 4 is 21.9 Å². The van der Waals surface area contributed by atoms with Gasteiger partial charge in [-0.1, -0.05) is 6.08 Å². The van der Waals surface area contributed by atoms with Crippen molar-refractivity contribution in [3.8, 4) is 0 Å². The molecule has 0 radical (unpaired) electrons. The molecule has 1 aromatic rings. The Hall–Kier alpha value is -1.43. The highest BCUT2D eigenvalue weighted by molar-refractivity contribution is 9.10. The molecule has 0 bridgehead atoms. The maximum Gasteiger partial charge on any atom is 0.331 e. The third kappa shape index (κ3) is 2.79. The lowest BCUT2D eigenvalue weighted by Crippen LogP contribution is -2.23. The van der Waals surface area contributed by atoms with Crippen LogP contribution in [0.3, 0.4) is 0 Å². The van der Waals surface area contributed by atoms with Gasteiger partial charge >= 0.3 is 5.97 Å². The largest absolute Gasteiger partial charge is 0.478 e. The summed E-state index contributed by atoms with van der Waals surface area (Å²) < 4.78 is 1.76. The zero-order chi connectivity index (χ0) is 12.3. The number of carbonyl (C=O) groups is 1. The number of nitrogens with zero attached hydrogens (tertiary/aromatic N) is 2. The normalized spacial score (nSPS) is 11.6. The van der Waals surface area contributed by atoms with Crippen LogP contribution < -0.4 is 5.56 Å². The van der Waals surface area contributed by atoms with Gasteiger partial charge in [-0.25, -0.2) is 9.78 Å². The van der Waals surface area contributed by atoms with Crippen LogP contribution in [0.15, 0.2) is 27.1 Å². The molecule has 86 valence electrons. The molecular weight excluding hydrogens is 276 g/mol. The lowest BCUT2D eigenvalue weighted by Gasteiger charge is -2.06. The Labute approximate surface area is 101 Å². The van der Waals surface area contributed by atoms with Gasteiger partial charge in [0.25, 0.3) is 5.56 Å². The number of allylic oxidation sites excluding steroid dienone is 1. The predicted octanol–water partition coefficient (Wildman–Crippen LogP) is 1.35. The molecule has 1 heterocycles. The van der Waals surface area contributed by atoms with E-state index < -0.39 is 5.97 Å². The lowest BCUT2D eigenvalue weighted by molar-refractivity contribution is -0.132. The maximum absolute atomic E-state index is 11.7. The standard InChI is InChI=1S/C10H11BrN2O3/c1-6(10(15)16)3-4-13-7(2)12-5-8(11)9(13)14/h3,5H,4H2,1-2H3,(H,15,16). The van der Waals surface area contributed by atoms with Gasteiger partial charge in [-0.15, -0.1) is 0 Å². The van der Waals surface area contributed by atoms with Crippen LogP contribution in [0, 0.1) is 6.92 Å². The summed E-state index contributed by atoms with van der Waals surface area (Å²) in [7, 11) is 0. The number of halogens is 1. The first-order valence-electron chi connectivity index (χ1n) is 4.55. The van der Waals surface area contributed by atoms with Crippen LogP contribution in [0.25, 0.3) is 0 Å². The molecule has 1 aromatic heterocycles. The summed E-state index contributed by atoms with van der Waals surface area (Å²) in [5.74, 6) is -0.448. The molecule has 1 rings (SSSR count). The molecule has 6 heteroatoms. The van der Waals surface area contributed by atoms with E-state index in [-0.39, 0.29) is 17.7 Å². The van der Waals surface area contributed by atoms with Crippen molar-refractivity contribution in [2.45, 2.75) is 20.4 Å². The summed E-state index contributed by atoms with van der Waals surface area (Å²) in [4.78, 5) is 26.2. The van der Waals surface area contributed by atoms with Gasteiger partial charge < -0.3 is 5.11 Å². The van der Waals surface area contributed by atoms with Gasteiger partial charge in [-0.2, -0.15) is 0 Å². The third-order valence-electron chi connectivity index (χ3n) is 2.12. The molecule has 0 fully saturated rings. The summed E-state index contributed by atoms with van der Waals surface area (Å²) in [5, 5.41) is 8.67. The average Bonchev–Trinajstić information content (AvgIpc) is 2.23. The van der Waals surface area contributed by atoms with E-state index in [1.807, 2.05) is 0 Å². The van der Waals surface area contributed by atoms with E-state index >= 15 is 0 Å². The quantitative estimate of drug-likeness (QED) is 0.852. The van der Waals surface area contributed by atoms with Crippen molar-refractivity contribution in [1.82, 2.24) is 9.55 Å². The minimum atomic E-state index is -0.992. The fourth-order valence-electron chi connectivity index (χ4n) is 1.08. The molecule has 0 atom stereocenters. The van der Waals surface area contributed by atoms with Crippen molar-refractivity contribution in [2.24, 2.45) is 0 Å². The number of carboxylic acids is 1. The molecule has 0 aliphatic carbocycles. The molecule has 0 amide bonds. The van der Waals surface area contributed by atoms with Gasteiger partial charge in [0, 0.05) is 18.3 Å². The zero-order valence-corrected chi connectivity index (χ0v) is 10.5. The maximum atomic E-state index is 11.7. The Morgan fingerprint density at radius 2 is 2.31 bits per heavy atom. The van der Waals surface area contributed by atoms with E-state index in [1.54, 1.807) is 6.92 Å². The van der Waals surface area contributed by atoms with Gasteiger partial charge in [0.2, 0.25) is 0 Å². The number of aromatic nitrogens is 2. The second kappa shape index (κ2) is 5.07. The van der Waals surface area contributed by atoms with Gasteiger partial charge in [0.05, 0.1) is 0 Å². The van der Waals surface area contributed by atoms with Gasteiger partial charge in [-0.3, -0.25) is 9.36 Å². The van der Waals surface area contributed by atoms with Crippen molar-refractivity contribution in [1.29, 1.82) is 0 Å². The summed E-state index contributed by atoms with van der Waals surface area (Å²) >= 11 is 3.08. The topological polar surface area (TPSA) is 72.2 Å². The Kier molecular flexibility index (Phi) is 4.00. The first-order chi connectivity index (χ1) is 7.43. The number of hydrogen-bond donors (Lipinski definition) is 1. The molecule has 1 N–H and O–H groups in total. The first kappa shape index (κ1) is 12.6. The van der Waals surface area contributed by atoms with Gasteiger partial charge in [0.1, 0.15) is 10.3 Å². The van der Waals surface area contributed by atoms with Crippen molar-refractivity contribution in [2.75, 3.05) is 0 Å². The molecule has 5 nitrogen and oxygen atoms in total. The fraction of sp³-hybridized carbons (Fsp3) is 0.300. The second-order valence-electron chi connectivity index (χ2n) is 3.26. The van der Waals surface area contributed by atoms with E-state index in [9.17, 15) is 9.59 Å².